The van der Waals surface area contributed by atoms with Gasteiger partial charge in [-0.3, -0.25) is 9.59 Å². The lowest BCUT2D eigenvalue weighted by molar-refractivity contribution is -0.140. The Morgan fingerprint density at radius 1 is 0.860 bits per heavy atom. The quantitative estimate of drug-likeness (QED) is 0.132. The number of aliphatic hydroxyl groups is 1. The van der Waals surface area contributed by atoms with E-state index in [0.29, 0.717) is 29.2 Å². The van der Waals surface area contributed by atoms with Crippen molar-refractivity contribution in [2.75, 3.05) is 0 Å². The van der Waals surface area contributed by atoms with Crippen LogP contribution in [-0.4, -0.2) is 32.4 Å². The summed E-state index contributed by atoms with van der Waals surface area (Å²) in [5.41, 5.74) is 2.98. The summed E-state index contributed by atoms with van der Waals surface area (Å²) < 4.78 is 12.1. The van der Waals surface area contributed by atoms with E-state index in [1.165, 1.54) is 17.0 Å². The van der Waals surface area contributed by atoms with E-state index in [0.717, 1.165) is 16.7 Å². The van der Waals surface area contributed by atoms with Crippen LogP contribution in [0.1, 0.15) is 54.6 Å². The molecule has 220 valence electrons. The Balaban J connectivity index is 1.53. The van der Waals surface area contributed by atoms with Crippen LogP contribution in [0.5, 0.6) is 17.2 Å². The number of carbonyl (C=O) groups is 2. The van der Waals surface area contributed by atoms with Crippen LogP contribution in [0.4, 0.5) is 0 Å². The summed E-state index contributed by atoms with van der Waals surface area (Å²) in [5.74, 6) is -0.506. The Bertz CT molecular complexity index is 1670. The molecule has 0 saturated carbocycles. The molecule has 1 heterocycles. The SMILES string of the molecule is Cc1cc(/C(O)=C2/C(=O)C(=O)N(Cc3ccccc3OC(C)(C)C)C2c2ccc(O)cc2)ccc1OCc1ccccc1. The molecule has 0 radical (unpaired) electrons. The van der Waals surface area contributed by atoms with Gasteiger partial charge in [0, 0.05) is 11.1 Å². The van der Waals surface area contributed by atoms with E-state index in [1.807, 2.05) is 82.3 Å². The zero-order valence-electron chi connectivity index (χ0n) is 24.7. The Hall–Kier alpha value is -5.04. The van der Waals surface area contributed by atoms with Gasteiger partial charge in [-0.1, -0.05) is 60.7 Å². The van der Waals surface area contributed by atoms with Gasteiger partial charge in [-0.2, -0.15) is 0 Å². The number of aryl methyl sites for hydroxylation is 1. The molecule has 1 unspecified atom stereocenters. The first kappa shape index (κ1) is 29.5. The Morgan fingerprint density at radius 2 is 1.53 bits per heavy atom. The number of aliphatic hydroxyl groups excluding tert-OH is 1. The van der Waals surface area contributed by atoms with E-state index < -0.39 is 23.3 Å². The van der Waals surface area contributed by atoms with Gasteiger partial charge < -0.3 is 24.6 Å². The fourth-order valence-corrected chi connectivity index (χ4v) is 5.14. The molecule has 1 fully saturated rings. The minimum Gasteiger partial charge on any atom is -0.508 e. The molecule has 0 bridgehead atoms. The minimum absolute atomic E-state index is 0.0257. The highest BCUT2D eigenvalue weighted by molar-refractivity contribution is 6.46. The fourth-order valence-electron chi connectivity index (χ4n) is 5.14. The lowest BCUT2D eigenvalue weighted by Crippen LogP contribution is -2.30. The number of ether oxygens (including phenoxy) is 2. The van der Waals surface area contributed by atoms with Crippen molar-refractivity contribution in [3.8, 4) is 17.2 Å². The number of aromatic hydroxyl groups is 1. The third-order valence-corrected chi connectivity index (χ3v) is 7.16. The molecule has 0 spiro atoms. The van der Waals surface area contributed by atoms with Gasteiger partial charge in [-0.05, 0) is 80.8 Å². The average molecular weight is 578 g/mol. The van der Waals surface area contributed by atoms with E-state index in [1.54, 1.807) is 30.3 Å². The van der Waals surface area contributed by atoms with Crippen molar-refractivity contribution < 1.29 is 29.3 Å². The third kappa shape index (κ3) is 6.56. The zero-order valence-corrected chi connectivity index (χ0v) is 24.7. The number of phenolic OH excluding ortho intramolecular Hbond substituents is 1. The Labute approximate surface area is 251 Å². The highest BCUT2D eigenvalue weighted by atomic mass is 16.5. The molecule has 4 aromatic rings. The van der Waals surface area contributed by atoms with Crippen LogP contribution in [0.2, 0.25) is 0 Å². The van der Waals surface area contributed by atoms with Crippen LogP contribution in [0, 0.1) is 6.92 Å². The summed E-state index contributed by atoms with van der Waals surface area (Å²) in [6, 6.07) is 27.7. The second-order valence-corrected chi connectivity index (χ2v) is 11.6. The number of amides is 1. The van der Waals surface area contributed by atoms with Gasteiger partial charge in [0.1, 0.15) is 35.2 Å². The maximum atomic E-state index is 13.6. The molecule has 2 N–H and O–H groups in total. The lowest BCUT2D eigenvalue weighted by atomic mass is 9.94. The smallest absolute Gasteiger partial charge is 0.295 e. The number of likely N-dealkylation sites (tertiary alicyclic amines) is 1. The predicted octanol–water partition coefficient (Wildman–Crippen LogP) is 7.08. The number of Topliss-reactive ketones (excluding diaryl/α,β-unsaturated/α-hetero) is 1. The van der Waals surface area contributed by atoms with Gasteiger partial charge in [0.25, 0.3) is 11.7 Å². The zero-order chi connectivity index (χ0) is 30.7. The number of carbonyl (C=O) groups excluding carboxylic acids is 2. The van der Waals surface area contributed by atoms with Crippen molar-refractivity contribution in [3.63, 3.8) is 0 Å². The summed E-state index contributed by atoms with van der Waals surface area (Å²) in [5, 5.41) is 21.5. The van der Waals surface area contributed by atoms with Crippen molar-refractivity contribution in [3.05, 3.63) is 130 Å². The van der Waals surface area contributed by atoms with Crippen LogP contribution in [0.25, 0.3) is 5.76 Å². The van der Waals surface area contributed by atoms with Crippen LogP contribution in [-0.2, 0) is 22.7 Å². The molecular weight excluding hydrogens is 542 g/mol. The predicted molar refractivity (Wildman–Crippen MR) is 165 cm³/mol. The summed E-state index contributed by atoms with van der Waals surface area (Å²) in [6.07, 6.45) is 0. The average Bonchev–Trinajstić information content (AvgIpc) is 3.22. The van der Waals surface area contributed by atoms with Crippen molar-refractivity contribution in [1.29, 1.82) is 0 Å². The summed E-state index contributed by atoms with van der Waals surface area (Å²) in [6.45, 7) is 8.13. The van der Waals surface area contributed by atoms with E-state index in [-0.39, 0.29) is 23.6 Å². The van der Waals surface area contributed by atoms with Gasteiger partial charge in [-0.15, -0.1) is 0 Å². The van der Waals surface area contributed by atoms with Gasteiger partial charge >= 0.3 is 0 Å². The van der Waals surface area contributed by atoms with Gasteiger partial charge in [0.2, 0.25) is 0 Å². The summed E-state index contributed by atoms with van der Waals surface area (Å²) >= 11 is 0. The molecule has 5 rings (SSSR count). The number of hydrogen-bond acceptors (Lipinski definition) is 6. The number of rotatable bonds is 8. The summed E-state index contributed by atoms with van der Waals surface area (Å²) in [4.78, 5) is 28.6. The number of benzene rings is 4. The fraction of sp³-hybridized carbons (Fsp3) is 0.222. The molecule has 0 aliphatic carbocycles. The molecular formula is C36H35NO6. The van der Waals surface area contributed by atoms with Crippen molar-refractivity contribution >= 4 is 17.4 Å². The Kier molecular flexibility index (Phi) is 8.26. The molecule has 7 nitrogen and oxygen atoms in total. The molecule has 1 amide bonds. The minimum atomic E-state index is -0.891. The van der Waals surface area contributed by atoms with E-state index in [9.17, 15) is 19.8 Å². The molecule has 1 saturated heterocycles. The molecule has 4 aromatic carbocycles. The van der Waals surface area contributed by atoms with Crippen LogP contribution < -0.4 is 9.47 Å². The first-order chi connectivity index (χ1) is 20.5. The van der Waals surface area contributed by atoms with Gasteiger partial charge in [-0.25, -0.2) is 0 Å². The summed E-state index contributed by atoms with van der Waals surface area (Å²) in [7, 11) is 0. The highest BCUT2D eigenvalue weighted by Gasteiger charge is 2.46. The van der Waals surface area contributed by atoms with Crippen LogP contribution >= 0.6 is 0 Å². The van der Waals surface area contributed by atoms with Crippen molar-refractivity contribution in [2.24, 2.45) is 0 Å². The maximum Gasteiger partial charge on any atom is 0.295 e. The number of nitrogens with zero attached hydrogens (tertiary/aromatic N) is 1. The van der Waals surface area contributed by atoms with Crippen molar-refractivity contribution in [1.82, 2.24) is 4.90 Å². The van der Waals surface area contributed by atoms with E-state index in [4.69, 9.17) is 9.47 Å². The number of ketones is 1. The van der Waals surface area contributed by atoms with E-state index >= 15 is 0 Å². The third-order valence-electron chi connectivity index (χ3n) is 7.16. The van der Waals surface area contributed by atoms with Crippen molar-refractivity contribution in [2.45, 2.75) is 52.5 Å². The van der Waals surface area contributed by atoms with Crippen LogP contribution in [0.3, 0.4) is 0 Å². The normalized spacial score (nSPS) is 16.4. The molecule has 43 heavy (non-hydrogen) atoms. The van der Waals surface area contributed by atoms with Gasteiger partial charge in [0.15, 0.2) is 0 Å². The second kappa shape index (κ2) is 12.1. The lowest BCUT2D eigenvalue weighted by Gasteiger charge is -2.28. The largest absolute Gasteiger partial charge is 0.508 e. The molecule has 1 aliphatic heterocycles. The standard InChI is InChI=1S/C36H35NO6/c1-23-20-26(16-19-29(23)42-22-24-10-6-5-7-11-24)33(39)31-32(25-14-17-28(38)18-15-25)37(35(41)34(31)40)21-27-12-8-9-13-30(27)43-36(2,3)4/h5-20,32,38-39H,21-22H2,1-4H3/b33-31-. The number of phenols is 1. The Morgan fingerprint density at radius 3 is 2.21 bits per heavy atom. The maximum absolute atomic E-state index is 13.6. The topological polar surface area (TPSA) is 96.3 Å². The number of hydrogen-bond donors (Lipinski definition) is 2. The van der Waals surface area contributed by atoms with Gasteiger partial charge in [0.05, 0.1) is 18.2 Å². The highest BCUT2D eigenvalue weighted by Crippen LogP contribution is 2.42. The second-order valence-electron chi connectivity index (χ2n) is 11.6. The molecule has 1 atom stereocenters. The molecule has 0 aromatic heterocycles. The molecule has 7 heteroatoms. The van der Waals surface area contributed by atoms with Crippen LogP contribution in [0.15, 0.2) is 103 Å². The monoisotopic (exact) mass is 577 g/mol. The number of para-hydroxylation sites is 1. The first-order valence-corrected chi connectivity index (χ1v) is 14.1. The molecule has 1 aliphatic rings. The first-order valence-electron chi connectivity index (χ1n) is 14.1. The van der Waals surface area contributed by atoms with E-state index in [2.05, 4.69) is 0 Å².